The van der Waals surface area contributed by atoms with E-state index in [1.54, 1.807) is 0 Å². The number of carbonyl (C=O) groups excluding carboxylic acids is 1. The minimum atomic E-state index is -2.46. The summed E-state index contributed by atoms with van der Waals surface area (Å²) in [7, 11) is 0. The van der Waals surface area contributed by atoms with Gasteiger partial charge in [0.25, 0.3) is 5.79 Å². The van der Waals surface area contributed by atoms with E-state index in [4.69, 9.17) is 29.8 Å². The molecule has 0 aromatic heterocycles. The maximum atomic E-state index is 12.3. The summed E-state index contributed by atoms with van der Waals surface area (Å²) in [6.45, 7) is -0.405. The van der Waals surface area contributed by atoms with Crippen LogP contribution in [-0.4, -0.2) is 157 Å². The van der Waals surface area contributed by atoms with Gasteiger partial charge in [-0.3, -0.25) is 4.79 Å². The zero-order chi connectivity index (χ0) is 32.3. The molecule has 0 aromatic rings. The number of aliphatic hydroxyl groups excluding tert-OH is 8. The van der Waals surface area contributed by atoms with Crippen LogP contribution in [0.25, 0.3) is 0 Å². The van der Waals surface area contributed by atoms with Gasteiger partial charge in [-0.25, -0.2) is 4.79 Å². The van der Waals surface area contributed by atoms with Crippen molar-refractivity contribution in [2.75, 3.05) is 26.4 Å². The van der Waals surface area contributed by atoms with Crippen molar-refractivity contribution in [3.05, 3.63) is 0 Å². The molecular weight excluding hydrogens is 580 g/mol. The Bertz CT molecular complexity index is 855. The smallest absolute Gasteiger partial charge is 0.364 e. The second-order valence-corrected chi connectivity index (χ2v) is 11.1. The number of carboxylic acid groups (broad SMARTS) is 1. The van der Waals surface area contributed by atoms with Gasteiger partial charge in [-0.05, 0) is 25.7 Å². The van der Waals surface area contributed by atoms with Crippen LogP contribution < -0.4 is 11.1 Å². The van der Waals surface area contributed by atoms with Crippen molar-refractivity contribution in [1.82, 2.24) is 5.32 Å². The van der Waals surface area contributed by atoms with Gasteiger partial charge in [0, 0.05) is 38.4 Å². The van der Waals surface area contributed by atoms with Crippen LogP contribution >= 0.6 is 0 Å². The molecule has 0 aromatic carbocycles. The lowest BCUT2D eigenvalue weighted by Crippen LogP contribution is -2.64. The third-order valence-electron chi connectivity index (χ3n) is 7.63. The lowest BCUT2D eigenvalue weighted by Gasteiger charge is -2.46. The minimum absolute atomic E-state index is 0.0983. The predicted molar refractivity (Wildman–Crippen MR) is 144 cm³/mol. The van der Waals surface area contributed by atoms with Gasteiger partial charge in [-0.1, -0.05) is 6.42 Å². The van der Waals surface area contributed by atoms with Gasteiger partial charge in [0.1, 0.15) is 24.4 Å². The predicted octanol–water partition coefficient (Wildman–Crippen LogP) is -4.36. The topological polar surface area (TPSA) is 291 Å². The molecule has 0 radical (unpaired) electrons. The second-order valence-electron chi connectivity index (χ2n) is 11.1. The van der Waals surface area contributed by atoms with Crippen molar-refractivity contribution < 1.29 is 74.5 Å². The standard InChI is InChI=1S/C26H48N2O15/c1-13(31)41-23(20(36)17(33)8-16(32)11-29)24(37)42-21-18(34)9-26(25(38)39,43-22(21)19(35)12-30)40-7-3-6-14-4-2-5-15(10-27)28-14/h14-24,28-30,32-37H,2-12,27H2,1H3,(H,38,39)/t14?,15?,16-,17-,18-,19-,20?,21-,22?,23-,24-,26-/m1/s1. The third-order valence-corrected chi connectivity index (χ3v) is 7.63. The fourth-order valence-corrected chi connectivity index (χ4v) is 5.34. The summed E-state index contributed by atoms with van der Waals surface area (Å²) in [5.74, 6) is -5.11. The van der Waals surface area contributed by atoms with Gasteiger partial charge < -0.3 is 76.0 Å². The summed E-state index contributed by atoms with van der Waals surface area (Å²) in [6, 6.07) is 0.366. The molecule has 2 aliphatic rings. The lowest BCUT2D eigenvalue weighted by molar-refractivity contribution is -0.347. The number of ether oxygens (including phenoxy) is 4. The molecule has 0 bridgehead atoms. The van der Waals surface area contributed by atoms with Crippen LogP contribution in [0.3, 0.4) is 0 Å². The second kappa shape index (κ2) is 17.8. The normalized spacial score (nSPS) is 32.3. The highest BCUT2D eigenvalue weighted by Gasteiger charge is 2.56. The van der Waals surface area contributed by atoms with Crippen LogP contribution in [0.2, 0.25) is 0 Å². The first-order valence-corrected chi connectivity index (χ1v) is 14.4. The van der Waals surface area contributed by atoms with Gasteiger partial charge in [0.05, 0.1) is 38.1 Å². The fourth-order valence-electron chi connectivity index (χ4n) is 5.34. The Morgan fingerprint density at radius 2 is 1.77 bits per heavy atom. The number of esters is 1. The molecule has 2 saturated heterocycles. The lowest BCUT2D eigenvalue weighted by atomic mass is 9.92. The molecule has 0 amide bonds. The highest BCUT2D eigenvalue weighted by atomic mass is 16.7. The van der Waals surface area contributed by atoms with Gasteiger partial charge in [0.15, 0.2) is 12.4 Å². The molecule has 2 heterocycles. The van der Waals surface area contributed by atoms with E-state index in [9.17, 15) is 50.4 Å². The number of hydrogen-bond acceptors (Lipinski definition) is 16. The molecule has 0 spiro atoms. The number of aliphatic carboxylic acids is 1. The molecule has 2 fully saturated rings. The number of rotatable bonds is 18. The molecule has 17 nitrogen and oxygen atoms in total. The first kappa shape index (κ1) is 37.6. The molecule has 12 atom stereocenters. The Morgan fingerprint density at radius 3 is 2.35 bits per heavy atom. The third kappa shape index (κ3) is 10.8. The van der Waals surface area contributed by atoms with Crippen molar-refractivity contribution >= 4 is 11.9 Å². The molecular formula is C26H48N2O15. The van der Waals surface area contributed by atoms with E-state index in [0.717, 1.165) is 26.2 Å². The highest BCUT2D eigenvalue weighted by molar-refractivity contribution is 5.76. The number of carboxylic acids is 1. The summed E-state index contributed by atoms with van der Waals surface area (Å²) >= 11 is 0. The van der Waals surface area contributed by atoms with E-state index in [2.05, 4.69) is 5.32 Å². The van der Waals surface area contributed by atoms with E-state index in [-0.39, 0.29) is 18.7 Å². The summed E-state index contributed by atoms with van der Waals surface area (Å²) in [6.07, 6.45) is -14.2. The SMILES string of the molecule is CC(=O)O[C@H](C(O)[C@H](O)C[C@@H](O)CO)[C@H](O)O[C@H]1C([C@H](O)CO)O[C@@](OCCCC2CCCC(CN)N2)(C(=O)O)C[C@H]1O. The van der Waals surface area contributed by atoms with E-state index < -0.39 is 98.9 Å². The largest absolute Gasteiger partial charge is 0.477 e. The zero-order valence-corrected chi connectivity index (χ0v) is 24.2. The summed E-state index contributed by atoms with van der Waals surface area (Å²) in [4.78, 5) is 24.0. The summed E-state index contributed by atoms with van der Waals surface area (Å²) in [5, 5.41) is 94.4. The molecule has 0 saturated carbocycles. The Kier molecular flexibility index (Phi) is 15.6. The molecule has 4 unspecified atom stereocenters. The van der Waals surface area contributed by atoms with Crippen molar-refractivity contribution in [2.45, 2.75) is 125 Å². The van der Waals surface area contributed by atoms with E-state index in [1.165, 1.54) is 0 Å². The highest BCUT2D eigenvalue weighted by Crippen LogP contribution is 2.35. The van der Waals surface area contributed by atoms with E-state index in [1.807, 2.05) is 0 Å². The maximum Gasteiger partial charge on any atom is 0.364 e. The Morgan fingerprint density at radius 1 is 1.09 bits per heavy atom. The molecule has 17 heteroatoms. The molecule has 43 heavy (non-hydrogen) atoms. The number of nitrogens with one attached hydrogen (secondary N) is 1. The summed E-state index contributed by atoms with van der Waals surface area (Å²) < 4.78 is 21.5. The number of aliphatic hydroxyl groups is 8. The van der Waals surface area contributed by atoms with Crippen LogP contribution in [-0.2, 0) is 28.5 Å². The molecule has 0 aliphatic carbocycles. The first-order valence-electron chi connectivity index (χ1n) is 14.4. The minimum Gasteiger partial charge on any atom is -0.477 e. The Labute approximate surface area is 249 Å². The van der Waals surface area contributed by atoms with Crippen LogP contribution in [0.15, 0.2) is 0 Å². The van der Waals surface area contributed by atoms with Gasteiger partial charge in [0.2, 0.25) is 0 Å². The number of nitrogens with two attached hydrogens (primary N) is 1. The number of carbonyl (C=O) groups is 2. The monoisotopic (exact) mass is 628 g/mol. The van der Waals surface area contributed by atoms with Crippen LogP contribution in [0.5, 0.6) is 0 Å². The molecule has 2 aliphatic heterocycles. The van der Waals surface area contributed by atoms with Crippen molar-refractivity contribution in [3.63, 3.8) is 0 Å². The fraction of sp³-hybridized carbons (Fsp3) is 0.923. The summed E-state index contributed by atoms with van der Waals surface area (Å²) in [5.41, 5.74) is 5.74. The average Bonchev–Trinajstić information content (AvgIpc) is 2.98. The van der Waals surface area contributed by atoms with Crippen LogP contribution in [0.1, 0.15) is 51.9 Å². The van der Waals surface area contributed by atoms with Crippen LogP contribution in [0, 0.1) is 0 Å². The zero-order valence-electron chi connectivity index (χ0n) is 24.2. The van der Waals surface area contributed by atoms with E-state index >= 15 is 0 Å². The first-order chi connectivity index (χ1) is 20.3. The number of piperidine rings is 1. The number of hydrogen-bond donors (Lipinski definition) is 11. The van der Waals surface area contributed by atoms with Gasteiger partial charge in [-0.2, -0.15) is 0 Å². The van der Waals surface area contributed by atoms with Gasteiger partial charge in [-0.15, -0.1) is 0 Å². The van der Waals surface area contributed by atoms with Crippen molar-refractivity contribution in [1.29, 1.82) is 0 Å². The molecule has 12 N–H and O–H groups in total. The van der Waals surface area contributed by atoms with Crippen molar-refractivity contribution in [3.8, 4) is 0 Å². The molecule has 252 valence electrons. The van der Waals surface area contributed by atoms with Gasteiger partial charge >= 0.3 is 11.9 Å². The quantitative estimate of drug-likeness (QED) is 0.0388. The Balaban J connectivity index is 2.16. The molecule has 2 rings (SSSR count). The van der Waals surface area contributed by atoms with E-state index in [0.29, 0.717) is 19.4 Å². The van der Waals surface area contributed by atoms with Crippen LogP contribution in [0.4, 0.5) is 0 Å². The maximum absolute atomic E-state index is 12.3. The Hall–Kier alpha value is -1.58. The average molecular weight is 629 g/mol. The van der Waals surface area contributed by atoms with Crippen molar-refractivity contribution in [2.24, 2.45) is 5.73 Å².